The van der Waals surface area contributed by atoms with Gasteiger partial charge in [0, 0.05) is 29.4 Å². The van der Waals surface area contributed by atoms with Gasteiger partial charge < -0.3 is 10.1 Å². The fraction of sp³-hybridized carbons (Fsp3) is 0.125. The number of pyridine rings is 1. The standard InChI is InChI=1S/C16H15ClN4O/c1-22-15-6-7-18-10-14(15)19-8-12-9-20-21-16(12)11-2-4-13(17)5-3-11/h2-7,9-10,19H,8H2,1H3,(H,20,21). The van der Waals surface area contributed by atoms with E-state index < -0.39 is 0 Å². The van der Waals surface area contributed by atoms with Crippen molar-refractivity contribution in [2.45, 2.75) is 6.54 Å². The van der Waals surface area contributed by atoms with Crippen LogP contribution in [0.25, 0.3) is 11.3 Å². The summed E-state index contributed by atoms with van der Waals surface area (Å²) in [5.41, 5.74) is 3.89. The maximum absolute atomic E-state index is 5.93. The molecule has 0 amide bonds. The number of aromatic amines is 1. The van der Waals surface area contributed by atoms with Gasteiger partial charge in [-0.15, -0.1) is 0 Å². The van der Waals surface area contributed by atoms with Crippen molar-refractivity contribution in [3.8, 4) is 17.0 Å². The first-order valence-corrected chi connectivity index (χ1v) is 7.16. The van der Waals surface area contributed by atoms with Crippen LogP contribution in [0.15, 0.2) is 48.9 Å². The molecule has 0 unspecified atom stereocenters. The number of rotatable bonds is 5. The third kappa shape index (κ3) is 3.04. The minimum Gasteiger partial charge on any atom is -0.494 e. The van der Waals surface area contributed by atoms with Gasteiger partial charge >= 0.3 is 0 Å². The lowest BCUT2D eigenvalue weighted by Gasteiger charge is -2.10. The normalized spacial score (nSPS) is 10.5. The van der Waals surface area contributed by atoms with E-state index in [2.05, 4.69) is 20.5 Å². The van der Waals surface area contributed by atoms with E-state index in [1.807, 2.05) is 30.3 Å². The molecule has 6 heteroatoms. The van der Waals surface area contributed by atoms with E-state index in [0.29, 0.717) is 11.6 Å². The molecule has 22 heavy (non-hydrogen) atoms. The van der Waals surface area contributed by atoms with Gasteiger partial charge in [-0.3, -0.25) is 10.1 Å². The molecule has 0 saturated heterocycles. The summed E-state index contributed by atoms with van der Waals surface area (Å²) in [6.07, 6.45) is 5.24. The van der Waals surface area contributed by atoms with Crippen molar-refractivity contribution in [3.05, 3.63) is 59.5 Å². The molecule has 0 aliphatic carbocycles. The lowest BCUT2D eigenvalue weighted by atomic mass is 10.1. The van der Waals surface area contributed by atoms with Crippen molar-refractivity contribution in [1.29, 1.82) is 0 Å². The molecular weight excluding hydrogens is 300 g/mol. The van der Waals surface area contributed by atoms with Gasteiger partial charge in [-0.2, -0.15) is 5.10 Å². The monoisotopic (exact) mass is 314 g/mol. The summed E-state index contributed by atoms with van der Waals surface area (Å²) in [5.74, 6) is 0.756. The Balaban J connectivity index is 1.79. The van der Waals surface area contributed by atoms with Gasteiger partial charge in [0.1, 0.15) is 5.75 Å². The lowest BCUT2D eigenvalue weighted by Crippen LogP contribution is -2.02. The van der Waals surface area contributed by atoms with Gasteiger partial charge in [-0.05, 0) is 17.7 Å². The number of hydrogen-bond acceptors (Lipinski definition) is 4. The van der Waals surface area contributed by atoms with Crippen molar-refractivity contribution in [3.63, 3.8) is 0 Å². The molecule has 1 aromatic carbocycles. The number of halogens is 1. The Morgan fingerprint density at radius 1 is 1.18 bits per heavy atom. The average molecular weight is 315 g/mol. The van der Waals surface area contributed by atoms with Gasteiger partial charge in [0.2, 0.25) is 0 Å². The second-order valence-corrected chi connectivity index (χ2v) is 5.14. The Labute approximate surface area is 133 Å². The van der Waals surface area contributed by atoms with Crippen molar-refractivity contribution in [1.82, 2.24) is 15.2 Å². The molecule has 0 fully saturated rings. The Morgan fingerprint density at radius 2 is 2.00 bits per heavy atom. The van der Waals surface area contributed by atoms with Crippen LogP contribution in [0.3, 0.4) is 0 Å². The number of methoxy groups -OCH3 is 1. The number of nitrogens with zero attached hydrogens (tertiary/aromatic N) is 2. The van der Waals surface area contributed by atoms with Gasteiger partial charge in [0.05, 0.1) is 30.9 Å². The van der Waals surface area contributed by atoms with Crippen LogP contribution in [0.1, 0.15) is 5.56 Å². The predicted octanol–water partition coefficient (Wildman–Crippen LogP) is 3.75. The van der Waals surface area contributed by atoms with Gasteiger partial charge in [0.25, 0.3) is 0 Å². The number of anilines is 1. The van der Waals surface area contributed by atoms with E-state index in [9.17, 15) is 0 Å². The maximum Gasteiger partial charge on any atom is 0.145 e. The third-order valence-corrected chi connectivity index (χ3v) is 3.57. The largest absolute Gasteiger partial charge is 0.494 e. The van der Waals surface area contributed by atoms with E-state index in [4.69, 9.17) is 16.3 Å². The van der Waals surface area contributed by atoms with Crippen LogP contribution >= 0.6 is 11.6 Å². The number of benzene rings is 1. The molecular formula is C16H15ClN4O. The molecule has 2 aromatic heterocycles. The van der Waals surface area contributed by atoms with Crippen LogP contribution in [0.2, 0.25) is 5.02 Å². The van der Waals surface area contributed by atoms with Gasteiger partial charge in [-0.25, -0.2) is 0 Å². The molecule has 0 atom stereocenters. The van der Waals surface area contributed by atoms with Crippen LogP contribution < -0.4 is 10.1 Å². The number of aromatic nitrogens is 3. The fourth-order valence-electron chi connectivity index (χ4n) is 2.19. The molecule has 0 saturated carbocycles. The summed E-state index contributed by atoms with van der Waals surface area (Å²) in [6, 6.07) is 9.46. The van der Waals surface area contributed by atoms with Crippen LogP contribution in [0, 0.1) is 0 Å². The summed E-state index contributed by atoms with van der Waals surface area (Å²) in [6.45, 7) is 0.608. The van der Waals surface area contributed by atoms with Crippen molar-refractivity contribution < 1.29 is 4.74 Å². The van der Waals surface area contributed by atoms with E-state index in [-0.39, 0.29) is 0 Å². The Bertz CT molecular complexity index is 755. The van der Waals surface area contributed by atoms with Crippen molar-refractivity contribution in [2.75, 3.05) is 12.4 Å². The quantitative estimate of drug-likeness (QED) is 0.753. The average Bonchev–Trinajstić information content (AvgIpc) is 3.02. The highest BCUT2D eigenvalue weighted by Gasteiger charge is 2.09. The second-order valence-electron chi connectivity index (χ2n) is 4.71. The highest BCUT2D eigenvalue weighted by molar-refractivity contribution is 6.30. The molecule has 2 N–H and O–H groups in total. The number of H-pyrrole nitrogens is 1. The molecule has 112 valence electrons. The van der Waals surface area contributed by atoms with Crippen molar-refractivity contribution >= 4 is 17.3 Å². The molecule has 0 radical (unpaired) electrons. The Morgan fingerprint density at radius 3 is 2.77 bits per heavy atom. The number of nitrogens with one attached hydrogen (secondary N) is 2. The molecule has 3 aromatic rings. The summed E-state index contributed by atoms with van der Waals surface area (Å²) in [4.78, 5) is 4.10. The second kappa shape index (κ2) is 6.49. The predicted molar refractivity (Wildman–Crippen MR) is 87.1 cm³/mol. The van der Waals surface area contributed by atoms with Crippen LogP contribution in [0.4, 0.5) is 5.69 Å². The first kappa shape index (κ1) is 14.4. The van der Waals surface area contributed by atoms with E-state index >= 15 is 0 Å². The molecule has 3 rings (SSSR count). The maximum atomic E-state index is 5.93. The Kier molecular flexibility index (Phi) is 4.25. The first-order valence-electron chi connectivity index (χ1n) is 6.78. The van der Waals surface area contributed by atoms with Gasteiger partial charge in [0.15, 0.2) is 0 Å². The number of hydrogen-bond donors (Lipinski definition) is 2. The summed E-state index contributed by atoms with van der Waals surface area (Å²) in [5, 5.41) is 11.2. The van der Waals surface area contributed by atoms with Crippen LogP contribution in [-0.2, 0) is 6.54 Å². The highest BCUT2D eigenvalue weighted by atomic mass is 35.5. The smallest absolute Gasteiger partial charge is 0.145 e. The third-order valence-electron chi connectivity index (χ3n) is 3.32. The lowest BCUT2D eigenvalue weighted by molar-refractivity contribution is 0.416. The van der Waals surface area contributed by atoms with E-state index in [1.165, 1.54) is 0 Å². The fourth-order valence-corrected chi connectivity index (χ4v) is 2.32. The minimum absolute atomic E-state index is 0.608. The van der Waals surface area contributed by atoms with E-state index in [1.54, 1.807) is 25.7 Å². The zero-order chi connectivity index (χ0) is 15.4. The first-order chi connectivity index (χ1) is 10.8. The van der Waals surface area contributed by atoms with Crippen LogP contribution in [-0.4, -0.2) is 22.3 Å². The molecule has 2 heterocycles. The van der Waals surface area contributed by atoms with Crippen LogP contribution in [0.5, 0.6) is 5.75 Å². The van der Waals surface area contributed by atoms with Gasteiger partial charge in [-0.1, -0.05) is 23.7 Å². The zero-order valence-electron chi connectivity index (χ0n) is 12.0. The number of ether oxygens (including phenoxy) is 1. The highest BCUT2D eigenvalue weighted by Crippen LogP contribution is 2.26. The topological polar surface area (TPSA) is 62.8 Å². The molecule has 0 bridgehead atoms. The molecule has 0 spiro atoms. The summed E-state index contributed by atoms with van der Waals surface area (Å²) >= 11 is 5.93. The SMILES string of the molecule is COc1ccncc1NCc1cn[nH]c1-c1ccc(Cl)cc1. The Hall–Kier alpha value is -2.53. The summed E-state index contributed by atoms with van der Waals surface area (Å²) in [7, 11) is 1.64. The minimum atomic E-state index is 0.608. The van der Waals surface area contributed by atoms with E-state index in [0.717, 1.165) is 28.3 Å². The molecule has 5 nitrogen and oxygen atoms in total. The summed E-state index contributed by atoms with van der Waals surface area (Å²) < 4.78 is 5.30. The molecule has 0 aliphatic rings. The zero-order valence-corrected chi connectivity index (χ0v) is 12.8. The van der Waals surface area contributed by atoms with Crippen molar-refractivity contribution in [2.24, 2.45) is 0 Å². The molecule has 0 aliphatic heterocycles.